The molecule has 0 atom stereocenters. The minimum absolute atomic E-state index is 0.728. The first-order chi connectivity index (χ1) is 20.3. The van der Waals surface area contributed by atoms with Crippen molar-refractivity contribution in [2.75, 3.05) is 11.9 Å². The fourth-order valence-electron chi connectivity index (χ4n) is 5.47. The van der Waals surface area contributed by atoms with Gasteiger partial charge in [0.25, 0.3) is 0 Å². The Morgan fingerprint density at radius 2 is 1.17 bits per heavy atom. The van der Waals surface area contributed by atoms with E-state index in [1.165, 1.54) is 15.9 Å². The molecule has 0 aliphatic heterocycles. The van der Waals surface area contributed by atoms with Crippen molar-refractivity contribution in [3.63, 3.8) is 0 Å². The van der Waals surface area contributed by atoms with E-state index in [1.54, 1.807) is 4.63 Å². The standard InChI is InChI=1S/C34H29N6P/c1-2-35-34-37-40-33(29-22-12-13-23-30(29)36-40)39(34)32-25-15-14-24-31(32)38-41(26-16-6-3-7-17-26,27-18-8-4-9-19-27)28-20-10-5-11-21-28/h3-25H,2H2,1H3,(H,35,37). The summed E-state index contributed by atoms with van der Waals surface area (Å²) >= 11 is 0. The maximum Gasteiger partial charge on any atom is 0.229 e. The summed E-state index contributed by atoms with van der Waals surface area (Å²) < 4.78 is 9.72. The molecule has 0 unspecified atom stereocenters. The molecule has 5 aromatic carbocycles. The predicted molar refractivity (Wildman–Crippen MR) is 171 cm³/mol. The third-order valence-corrected chi connectivity index (χ3v) is 10.9. The van der Waals surface area contributed by atoms with Crippen LogP contribution in [0.2, 0.25) is 0 Å². The highest BCUT2D eigenvalue weighted by atomic mass is 31.2. The smallest absolute Gasteiger partial charge is 0.229 e. The molecule has 6 nitrogen and oxygen atoms in total. The lowest BCUT2D eigenvalue weighted by molar-refractivity contribution is 0.834. The molecule has 0 bridgehead atoms. The molecule has 0 spiro atoms. The van der Waals surface area contributed by atoms with E-state index in [0.717, 1.165) is 40.4 Å². The molecule has 41 heavy (non-hydrogen) atoms. The van der Waals surface area contributed by atoms with Gasteiger partial charge in [0, 0.05) is 27.8 Å². The Hall–Kier alpha value is -4.93. The van der Waals surface area contributed by atoms with Crippen LogP contribution < -0.4 is 21.2 Å². The fourth-order valence-corrected chi connectivity index (χ4v) is 9.02. The molecule has 2 aromatic heterocycles. The fraction of sp³-hybridized carbons (Fsp3) is 0.0588. The van der Waals surface area contributed by atoms with E-state index in [1.807, 2.05) is 18.2 Å². The molecule has 7 heteroatoms. The Morgan fingerprint density at radius 1 is 0.634 bits per heavy atom. The minimum Gasteiger partial charge on any atom is -0.354 e. The molecule has 0 saturated heterocycles. The van der Waals surface area contributed by atoms with Crippen LogP contribution in [0.3, 0.4) is 0 Å². The summed E-state index contributed by atoms with van der Waals surface area (Å²) in [5.41, 5.74) is 3.65. The topological polar surface area (TPSA) is 59.5 Å². The molecule has 0 saturated carbocycles. The van der Waals surface area contributed by atoms with Gasteiger partial charge in [-0.15, -0.1) is 14.8 Å². The molecule has 0 fully saturated rings. The summed E-state index contributed by atoms with van der Waals surface area (Å²) in [6.45, 7) is 2.80. The summed E-state index contributed by atoms with van der Waals surface area (Å²) in [5.74, 6) is 0.728. The van der Waals surface area contributed by atoms with Crippen molar-refractivity contribution in [2.45, 2.75) is 6.92 Å². The molecule has 2 heterocycles. The summed E-state index contributed by atoms with van der Waals surface area (Å²) in [6, 6.07) is 48.7. The van der Waals surface area contributed by atoms with Crippen LogP contribution in [0.5, 0.6) is 0 Å². The maximum atomic E-state index is 5.83. The van der Waals surface area contributed by atoms with Gasteiger partial charge in [-0.2, -0.15) is 0 Å². The van der Waals surface area contributed by atoms with Crippen LogP contribution in [-0.2, 0) is 0 Å². The van der Waals surface area contributed by atoms with Crippen LogP contribution in [0, 0.1) is 0 Å². The number of benzene rings is 5. The number of rotatable bonds is 7. The lowest BCUT2D eigenvalue weighted by Crippen LogP contribution is -2.25. The molecule has 0 amide bonds. The Bertz CT molecular complexity index is 1910. The summed E-state index contributed by atoms with van der Waals surface area (Å²) in [6.07, 6.45) is 0. The van der Waals surface area contributed by atoms with Crippen molar-refractivity contribution in [1.29, 1.82) is 0 Å². The maximum absolute atomic E-state index is 5.83. The Balaban J connectivity index is 1.60. The average Bonchev–Trinajstić information content (AvgIpc) is 3.57. The van der Waals surface area contributed by atoms with E-state index in [4.69, 9.17) is 14.9 Å². The van der Waals surface area contributed by atoms with Gasteiger partial charge < -0.3 is 5.32 Å². The molecule has 0 aliphatic carbocycles. The number of hydrogen-bond acceptors (Lipinski definition) is 4. The predicted octanol–water partition coefficient (Wildman–Crippen LogP) is 6.91. The number of hydrogen-bond donors (Lipinski definition) is 1. The van der Waals surface area contributed by atoms with E-state index in [-0.39, 0.29) is 0 Å². The van der Waals surface area contributed by atoms with Crippen molar-refractivity contribution >= 4 is 51.2 Å². The molecule has 7 aromatic rings. The number of para-hydroxylation sites is 1. The number of anilines is 1. The van der Waals surface area contributed by atoms with Crippen molar-refractivity contribution in [1.82, 2.24) is 19.4 Å². The molecule has 200 valence electrons. The highest BCUT2D eigenvalue weighted by molar-refractivity contribution is 7.87. The van der Waals surface area contributed by atoms with Gasteiger partial charge in [-0.1, -0.05) is 115 Å². The molecule has 1 N–H and O–H groups in total. The first-order valence-corrected chi connectivity index (χ1v) is 15.5. The SMILES string of the molecule is CCNc1nn2nc3ccccc3c2n1-c1ccccc1N=P(c1ccccc1)(c1ccccc1)c1ccccc1. The van der Waals surface area contributed by atoms with Crippen molar-refractivity contribution in [3.8, 4) is 5.69 Å². The molecular weight excluding hydrogens is 523 g/mol. The second kappa shape index (κ2) is 10.6. The number of aromatic nitrogens is 4. The van der Waals surface area contributed by atoms with Gasteiger partial charge in [-0.3, -0.25) is 9.31 Å². The molecule has 0 radical (unpaired) electrons. The van der Waals surface area contributed by atoms with Crippen molar-refractivity contribution in [2.24, 2.45) is 4.74 Å². The van der Waals surface area contributed by atoms with Gasteiger partial charge in [0.15, 0.2) is 5.65 Å². The van der Waals surface area contributed by atoms with Crippen LogP contribution in [0.1, 0.15) is 6.92 Å². The van der Waals surface area contributed by atoms with E-state index in [0.29, 0.717) is 0 Å². The largest absolute Gasteiger partial charge is 0.354 e. The number of fused-ring (bicyclic) bond motifs is 3. The second-order valence-corrected chi connectivity index (χ2v) is 12.8. The van der Waals surface area contributed by atoms with Crippen molar-refractivity contribution < 1.29 is 0 Å². The van der Waals surface area contributed by atoms with Crippen LogP contribution >= 0.6 is 7.05 Å². The molecule has 7 rings (SSSR count). The third-order valence-electron chi connectivity index (χ3n) is 7.25. The van der Waals surface area contributed by atoms with Gasteiger partial charge in [0.2, 0.25) is 5.95 Å². The third kappa shape index (κ3) is 4.24. The van der Waals surface area contributed by atoms with E-state index >= 15 is 0 Å². The Morgan fingerprint density at radius 3 is 1.78 bits per heavy atom. The number of nitrogens with one attached hydrogen (secondary N) is 1. The van der Waals surface area contributed by atoms with E-state index < -0.39 is 7.05 Å². The first kappa shape index (κ1) is 25.1. The lowest BCUT2D eigenvalue weighted by Gasteiger charge is -2.27. The zero-order valence-corrected chi connectivity index (χ0v) is 23.6. The monoisotopic (exact) mass is 552 g/mol. The highest BCUT2D eigenvalue weighted by Gasteiger charge is 2.28. The van der Waals surface area contributed by atoms with Gasteiger partial charge in [0.1, 0.15) is 0 Å². The summed E-state index contributed by atoms with van der Waals surface area (Å²) in [5, 5.41) is 17.7. The van der Waals surface area contributed by atoms with Crippen molar-refractivity contribution in [3.05, 3.63) is 140 Å². The second-order valence-electron chi connectivity index (χ2n) is 9.75. The van der Waals surface area contributed by atoms with Crippen LogP contribution in [0.15, 0.2) is 144 Å². The van der Waals surface area contributed by atoms with Gasteiger partial charge >= 0.3 is 0 Å². The van der Waals surface area contributed by atoms with Crippen LogP contribution in [0.4, 0.5) is 11.6 Å². The Labute approximate surface area is 239 Å². The zero-order chi connectivity index (χ0) is 27.6. The average molecular weight is 553 g/mol. The number of nitrogens with zero attached hydrogens (tertiary/aromatic N) is 5. The molecule has 0 aliphatic rings. The van der Waals surface area contributed by atoms with E-state index in [9.17, 15) is 0 Å². The van der Waals surface area contributed by atoms with Crippen LogP contribution in [-0.4, -0.2) is 25.9 Å². The van der Waals surface area contributed by atoms with E-state index in [2.05, 4.69) is 138 Å². The van der Waals surface area contributed by atoms with Gasteiger partial charge in [0.05, 0.1) is 23.9 Å². The van der Waals surface area contributed by atoms with Gasteiger partial charge in [-0.05, 0) is 31.2 Å². The normalized spacial score (nSPS) is 11.6. The summed E-state index contributed by atoms with van der Waals surface area (Å²) in [4.78, 5) is 0. The van der Waals surface area contributed by atoms with Gasteiger partial charge in [-0.25, -0.2) is 0 Å². The first-order valence-electron chi connectivity index (χ1n) is 13.8. The van der Waals surface area contributed by atoms with Crippen LogP contribution in [0.25, 0.3) is 22.2 Å². The molecular formula is C34H29N6P. The Kier molecular flexibility index (Phi) is 6.46. The quantitative estimate of drug-likeness (QED) is 0.219. The minimum atomic E-state index is -2.48. The zero-order valence-electron chi connectivity index (χ0n) is 22.7. The summed E-state index contributed by atoms with van der Waals surface area (Å²) in [7, 11) is -2.48. The highest BCUT2D eigenvalue weighted by Crippen LogP contribution is 2.50. The lowest BCUT2D eigenvalue weighted by atomic mass is 10.2.